The van der Waals surface area contributed by atoms with Crippen LogP contribution in [0.15, 0.2) is 5.29 Å². The second kappa shape index (κ2) is 2.11. The molecule has 4 heteroatoms. The summed E-state index contributed by atoms with van der Waals surface area (Å²) < 4.78 is 0. The maximum Gasteiger partial charge on any atom is 0.249 e. The average Bonchev–Trinajstić information content (AvgIpc) is 2.32. The predicted molar refractivity (Wildman–Crippen MR) is 47.6 cm³/mol. The van der Waals surface area contributed by atoms with Crippen LogP contribution in [0.2, 0.25) is 0 Å². The first-order valence-electron chi connectivity index (χ1n) is 4.62. The van der Waals surface area contributed by atoms with Gasteiger partial charge in [0.15, 0.2) is 0 Å². The Labute approximate surface area is 77.2 Å². The highest BCUT2D eigenvalue weighted by Crippen LogP contribution is 2.59. The number of carbonyl (C=O) groups excluding carboxylic acids is 1. The molecule has 0 aromatic rings. The van der Waals surface area contributed by atoms with Crippen LogP contribution >= 0.6 is 0 Å². The van der Waals surface area contributed by atoms with E-state index < -0.39 is 0 Å². The summed E-state index contributed by atoms with van der Waals surface area (Å²) in [7, 11) is 0. The number of rotatable bonds is 1. The van der Waals surface area contributed by atoms with Gasteiger partial charge in [-0.05, 0) is 19.8 Å². The van der Waals surface area contributed by atoms with E-state index >= 15 is 0 Å². The first kappa shape index (κ1) is 8.66. The van der Waals surface area contributed by atoms with Crippen LogP contribution in [0.25, 0.3) is 0 Å². The van der Waals surface area contributed by atoms with E-state index in [4.69, 9.17) is 0 Å². The molecule has 0 aromatic carbocycles. The van der Waals surface area contributed by atoms with Crippen molar-refractivity contribution in [2.45, 2.75) is 39.2 Å². The zero-order chi connectivity index (χ0) is 9.85. The van der Waals surface area contributed by atoms with Crippen LogP contribution in [0.1, 0.15) is 33.6 Å². The average molecular weight is 182 g/mol. The monoisotopic (exact) mass is 182 g/mol. The van der Waals surface area contributed by atoms with Gasteiger partial charge in [-0.15, -0.1) is 4.91 Å². The zero-order valence-corrected chi connectivity index (χ0v) is 8.20. The molecule has 0 spiro atoms. The molecule has 2 bridgehead atoms. The van der Waals surface area contributed by atoms with Gasteiger partial charge in [-0.25, -0.2) is 0 Å². The number of amides is 1. The summed E-state index contributed by atoms with van der Waals surface area (Å²) in [6, 6.07) is 0. The summed E-state index contributed by atoms with van der Waals surface area (Å²) in [6.07, 6.45) is 1.79. The minimum atomic E-state index is -0.351. The number of piperidine rings is 1. The molecule has 2 atom stereocenters. The highest BCUT2D eigenvalue weighted by atomic mass is 16.3. The molecule has 2 fully saturated rings. The Morgan fingerprint density at radius 2 is 2.08 bits per heavy atom. The van der Waals surface area contributed by atoms with Crippen molar-refractivity contribution >= 4 is 5.91 Å². The van der Waals surface area contributed by atoms with E-state index in [0.29, 0.717) is 0 Å². The van der Waals surface area contributed by atoms with Gasteiger partial charge >= 0.3 is 0 Å². The third kappa shape index (κ3) is 0.700. The molecule has 13 heavy (non-hydrogen) atoms. The molecule has 2 unspecified atom stereocenters. The fourth-order valence-corrected chi connectivity index (χ4v) is 2.82. The summed E-state index contributed by atoms with van der Waals surface area (Å²) in [5, 5.41) is 4.01. The molecule has 0 radical (unpaired) electrons. The molecular weight excluding hydrogens is 168 g/mol. The quantitative estimate of drug-likeness (QED) is 0.579. The molecule has 0 N–H and O–H groups in total. The van der Waals surface area contributed by atoms with Gasteiger partial charge in [0.25, 0.3) is 0 Å². The Balaban J connectivity index is 2.51. The number of hydrogen-bond acceptors (Lipinski definition) is 3. The van der Waals surface area contributed by atoms with Crippen molar-refractivity contribution in [1.82, 2.24) is 5.01 Å². The lowest BCUT2D eigenvalue weighted by molar-refractivity contribution is -0.136. The SMILES string of the molecule is CC1(C)C2CCC1(C)N(N=O)C2=O. The van der Waals surface area contributed by atoms with Gasteiger partial charge in [0, 0.05) is 11.3 Å². The second-order valence-corrected chi connectivity index (χ2v) is 4.82. The van der Waals surface area contributed by atoms with Gasteiger partial charge in [-0.1, -0.05) is 13.8 Å². The van der Waals surface area contributed by atoms with Crippen molar-refractivity contribution in [3.05, 3.63) is 4.91 Å². The molecule has 1 heterocycles. The lowest BCUT2D eigenvalue weighted by Crippen LogP contribution is -2.45. The predicted octanol–water partition coefficient (Wildman–Crippen LogP) is 1.70. The normalized spacial score (nSPS) is 41.3. The molecule has 4 nitrogen and oxygen atoms in total. The largest absolute Gasteiger partial charge is 0.272 e. The lowest BCUT2D eigenvalue weighted by Gasteiger charge is -2.35. The first-order valence-corrected chi connectivity index (χ1v) is 4.62. The molecule has 72 valence electrons. The summed E-state index contributed by atoms with van der Waals surface area (Å²) in [4.78, 5) is 22.2. The third-order valence-corrected chi connectivity index (χ3v) is 4.24. The first-order chi connectivity index (χ1) is 5.95. The van der Waals surface area contributed by atoms with Crippen molar-refractivity contribution in [2.75, 3.05) is 0 Å². The Bertz CT molecular complexity index is 287. The van der Waals surface area contributed by atoms with Crippen LogP contribution in [0.3, 0.4) is 0 Å². The van der Waals surface area contributed by atoms with Crippen LogP contribution in [-0.4, -0.2) is 16.5 Å². The number of hydrogen-bond donors (Lipinski definition) is 0. The number of fused-ring (bicyclic) bond motifs is 2. The van der Waals surface area contributed by atoms with Crippen LogP contribution in [0, 0.1) is 16.2 Å². The van der Waals surface area contributed by atoms with Crippen LogP contribution in [0.4, 0.5) is 0 Å². The van der Waals surface area contributed by atoms with E-state index in [1.165, 1.54) is 0 Å². The highest BCUT2D eigenvalue weighted by Gasteiger charge is 2.66. The summed E-state index contributed by atoms with van der Waals surface area (Å²) in [5.41, 5.74) is -0.464. The van der Waals surface area contributed by atoms with Crippen molar-refractivity contribution in [1.29, 1.82) is 0 Å². The van der Waals surface area contributed by atoms with Crippen LogP contribution < -0.4 is 0 Å². The van der Waals surface area contributed by atoms with Crippen molar-refractivity contribution in [2.24, 2.45) is 16.6 Å². The molecular formula is C9H14N2O2. The van der Waals surface area contributed by atoms with Gasteiger partial charge in [0.05, 0.1) is 10.8 Å². The topological polar surface area (TPSA) is 49.7 Å². The second-order valence-electron chi connectivity index (χ2n) is 4.82. The van der Waals surface area contributed by atoms with Crippen molar-refractivity contribution in [3.8, 4) is 0 Å². The Morgan fingerprint density at radius 3 is 2.38 bits per heavy atom. The minimum absolute atomic E-state index is 0.00444. The number of nitroso groups, excluding NO2 is 1. The van der Waals surface area contributed by atoms with Gasteiger partial charge in [-0.3, -0.25) is 4.79 Å². The molecule has 1 aliphatic heterocycles. The summed E-state index contributed by atoms with van der Waals surface area (Å²) in [6.45, 7) is 6.06. The van der Waals surface area contributed by atoms with E-state index in [9.17, 15) is 9.70 Å². The molecule has 0 aromatic heterocycles. The van der Waals surface area contributed by atoms with E-state index in [2.05, 4.69) is 5.29 Å². The van der Waals surface area contributed by atoms with E-state index in [0.717, 1.165) is 17.9 Å². The molecule has 2 rings (SSSR count). The van der Waals surface area contributed by atoms with Gasteiger partial charge in [0.2, 0.25) is 5.91 Å². The van der Waals surface area contributed by atoms with E-state index in [1.807, 2.05) is 20.8 Å². The van der Waals surface area contributed by atoms with E-state index in [1.54, 1.807) is 0 Å². The Hall–Kier alpha value is -0.930. The van der Waals surface area contributed by atoms with Gasteiger partial charge in [-0.2, -0.15) is 5.01 Å². The smallest absolute Gasteiger partial charge is 0.249 e. The van der Waals surface area contributed by atoms with Crippen molar-refractivity contribution in [3.63, 3.8) is 0 Å². The molecule has 1 saturated heterocycles. The molecule has 2 aliphatic rings. The fourth-order valence-electron chi connectivity index (χ4n) is 2.82. The Kier molecular flexibility index (Phi) is 1.40. The fraction of sp³-hybridized carbons (Fsp3) is 0.889. The summed E-state index contributed by atoms with van der Waals surface area (Å²) >= 11 is 0. The zero-order valence-electron chi connectivity index (χ0n) is 8.20. The molecule has 1 amide bonds. The third-order valence-electron chi connectivity index (χ3n) is 4.24. The van der Waals surface area contributed by atoms with Crippen LogP contribution in [0.5, 0.6) is 0 Å². The molecule has 1 aliphatic carbocycles. The van der Waals surface area contributed by atoms with Crippen molar-refractivity contribution < 1.29 is 4.79 Å². The lowest BCUT2D eigenvalue weighted by atomic mass is 9.75. The van der Waals surface area contributed by atoms with Gasteiger partial charge in [0.1, 0.15) is 0 Å². The van der Waals surface area contributed by atoms with Gasteiger partial charge < -0.3 is 0 Å². The maximum atomic E-state index is 11.7. The minimum Gasteiger partial charge on any atom is -0.272 e. The standard InChI is InChI=1S/C9H14N2O2/c1-8(2)6-4-5-9(8,3)11(10-13)7(6)12/h6H,4-5H2,1-3H3. The highest BCUT2D eigenvalue weighted by molar-refractivity contribution is 5.84. The number of carbonyl (C=O) groups is 1. The molecule has 1 saturated carbocycles. The van der Waals surface area contributed by atoms with E-state index in [-0.39, 0.29) is 22.8 Å². The number of nitrogens with zero attached hydrogens (tertiary/aromatic N) is 2. The maximum absolute atomic E-state index is 11.7. The Morgan fingerprint density at radius 1 is 1.46 bits per heavy atom. The van der Waals surface area contributed by atoms with Crippen LogP contribution in [-0.2, 0) is 4.79 Å². The summed E-state index contributed by atoms with van der Waals surface area (Å²) in [5.74, 6) is -0.0936.